The Morgan fingerprint density at radius 2 is 2.29 bits per heavy atom. The van der Waals surface area contributed by atoms with E-state index in [1.54, 1.807) is 23.2 Å². The van der Waals surface area contributed by atoms with E-state index in [1.807, 2.05) is 0 Å². The molecule has 1 rings (SSSR count). The Morgan fingerprint density at radius 3 is 2.79 bits per heavy atom. The van der Waals surface area contributed by atoms with E-state index in [0.717, 1.165) is 5.56 Å². The maximum Gasteiger partial charge on any atom is 0.311 e. The van der Waals surface area contributed by atoms with Crippen molar-refractivity contribution in [2.45, 2.75) is 0 Å². The van der Waals surface area contributed by atoms with Gasteiger partial charge in [-0.2, -0.15) is 0 Å². The first-order valence-electron chi connectivity index (χ1n) is 3.78. The van der Waals surface area contributed by atoms with Gasteiger partial charge in [0.05, 0.1) is 12.0 Å². The van der Waals surface area contributed by atoms with Crippen LogP contribution in [0.4, 0.5) is 5.69 Å². The van der Waals surface area contributed by atoms with Crippen molar-refractivity contribution in [1.29, 1.82) is 0 Å². The summed E-state index contributed by atoms with van der Waals surface area (Å²) in [6, 6.07) is 4.76. The predicted molar refractivity (Wildman–Crippen MR) is 57.6 cm³/mol. The van der Waals surface area contributed by atoms with Crippen LogP contribution in [0, 0.1) is 10.1 Å². The van der Waals surface area contributed by atoms with Crippen LogP contribution in [-0.4, -0.2) is 12.0 Å². The lowest BCUT2D eigenvalue weighted by Crippen LogP contribution is -1.93. The van der Waals surface area contributed by atoms with Gasteiger partial charge in [0.25, 0.3) is 0 Å². The van der Waals surface area contributed by atoms with Crippen LogP contribution >= 0.6 is 15.9 Å². The zero-order valence-corrected chi connectivity index (χ0v) is 9.02. The van der Waals surface area contributed by atoms with Gasteiger partial charge in [0.15, 0.2) is 5.75 Å². The molecular weight excluding hydrogens is 250 g/mol. The van der Waals surface area contributed by atoms with Crippen LogP contribution in [0.2, 0.25) is 0 Å². The fourth-order valence-corrected chi connectivity index (χ4v) is 1.33. The van der Waals surface area contributed by atoms with E-state index in [2.05, 4.69) is 15.9 Å². The highest BCUT2D eigenvalue weighted by molar-refractivity contribution is 9.11. The van der Waals surface area contributed by atoms with Gasteiger partial charge in [0, 0.05) is 6.07 Å². The number of hydrogen-bond donors (Lipinski definition) is 0. The average molecular weight is 258 g/mol. The number of nitro groups is 1. The highest BCUT2D eigenvalue weighted by Gasteiger charge is 2.13. The van der Waals surface area contributed by atoms with Crippen LogP contribution in [0.1, 0.15) is 5.56 Å². The summed E-state index contributed by atoms with van der Waals surface area (Å²) in [7, 11) is 1.41. The lowest BCUT2D eigenvalue weighted by Gasteiger charge is -2.01. The molecule has 0 amide bonds. The van der Waals surface area contributed by atoms with Gasteiger partial charge >= 0.3 is 5.69 Å². The number of ether oxygens (including phenoxy) is 1. The average Bonchev–Trinajstić information content (AvgIpc) is 2.18. The summed E-state index contributed by atoms with van der Waals surface area (Å²) >= 11 is 3.10. The molecule has 14 heavy (non-hydrogen) atoms. The van der Waals surface area contributed by atoms with Gasteiger partial charge in [-0.15, -0.1) is 0 Å². The first-order valence-corrected chi connectivity index (χ1v) is 4.70. The summed E-state index contributed by atoms with van der Waals surface area (Å²) in [6.45, 7) is 0. The number of hydrogen-bond acceptors (Lipinski definition) is 3. The van der Waals surface area contributed by atoms with Crippen LogP contribution in [0.15, 0.2) is 23.2 Å². The third-order valence-corrected chi connectivity index (χ3v) is 1.92. The van der Waals surface area contributed by atoms with Gasteiger partial charge < -0.3 is 4.74 Å². The largest absolute Gasteiger partial charge is 0.490 e. The number of rotatable bonds is 3. The summed E-state index contributed by atoms with van der Waals surface area (Å²) in [5.41, 5.74) is 0.713. The molecule has 0 aliphatic rings. The Bertz CT molecular complexity index is 376. The Kier molecular flexibility index (Phi) is 3.64. The summed E-state index contributed by atoms with van der Waals surface area (Å²) in [6.07, 6.45) is 1.71. The summed E-state index contributed by atoms with van der Waals surface area (Å²) in [5.74, 6) is 0.265. The second kappa shape index (κ2) is 4.76. The Labute approximate surface area is 89.5 Å². The molecule has 0 spiro atoms. The molecule has 74 valence electrons. The van der Waals surface area contributed by atoms with Crippen LogP contribution in [0.5, 0.6) is 5.75 Å². The van der Waals surface area contributed by atoms with Crippen LogP contribution in [-0.2, 0) is 0 Å². The minimum absolute atomic E-state index is 0.0319. The Hall–Kier alpha value is -1.36. The molecule has 0 fully saturated rings. The molecule has 0 radical (unpaired) electrons. The molecule has 1 aromatic carbocycles. The minimum Gasteiger partial charge on any atom is -0.490 e. The smallest absolute Gasteiger partial charge is 0.311 e. The van der Waals surface area contributed by atoms with Crippen molar-refractivity contribution in [3.8, 4) is 5.75 Å². The van der Waals surface area contributed by atoms with Crippen LogP contribution in [0.3, 0.4) is 0 Å². The van der Waals surface area contributed by atoms with E-state index >= 15 is 0 Å². The van der Waals surface area contributed by atoms with E-state index in [4.69, 9.17) is 4.74 Å². The van der Waals surface area contributed by atoms with Crippen molar-refractivity contribution < 1.29 is 9.66 Å². The zero-order valence-electron chi connectivity index (χ0n) is 7.44. The molecule has 0 aromatic heterocycles. The minimum atomic E-state index is -0.468. The van der Waals surface area contributed by atoms with E-state index in [-0.39, 0.29) is 11.4 Å². The summed E-state index contributed by atoms with van der Waals surface area (Å²) in [4.78, 5) is 11.8. The van der Waals surface area contributed by atoms with E-state index in [9.17, 15) is 10.1 Å². The quantitative estimate of drug-likeness (QED) is 0.618. The van der Waals surface area contributed by atoms with Crippen molar-refractivity contribution in [2.24, 2.45) is 0 Å². The lowest BCUT2D eigenvalue weighted by molar-refractivity contribution is -0.385. The molecule has 0 saturated carbocycles. The number of nitro benzene ring substituents is 1. The number of methoxy groups -OCH3 is 1. The van der Waals surface area contributed by atoms with Gasteiger partial charge in [-0.1, -0.05) is 22.0 Å². The fourth-order valence-electron chi connectivity index (χ4n) is 1.03. The van der Waals surface area contributed by atoms with Gasteiger partial charge in [0.2, 0.25) is 0 Å². The lowest BCUT2D eigenvalue weighted by atomic mass is 10.2. The summed E-state index contributed by atoms with van der Waals surface area (Å²) in [5, 5.41) is 10.6. The molecule has 0 atom stereocenters. The van der Waals surface area contributed by atoms with Crippen molar-refractivity contribution in [1.82, 2.24) is 0 Å². The normalized spacial score (nSPS) is 10.4. The zero-order chi connectivity index (χ0) is 10.6. The summed E-state index contributed by atoms with van der Waals surface area (Å²) < 4.78 is 4.86. The van der Waals surface area contributed by atoms with Gasteiger partial charge in [-0.3, -0.25) is 10.1 Å². The molecule has 0 heterocycles. The second-order valence-electron chi connectivity index (χ2n) is 2.48. The SMILES string of the molecule is COc1ccc(/C=C/Br)cc1[N+](=O)[O-]. The number of nitrogens with zero attached hydrogens (tertiary/aromatic N) is 1. The van der Waals surface area contributed by atoms with Crippen LogP contribution < -0.4 is 4.74 Å². The third-order valence-electron chi connectivity index (χ3n) is 1.66. The predicted octanol–water partition coefficient (Wildman–Crippen LogP) is 2.97. The Balaban J connectivity index is 3.20. The monoisotopic (exact) mass is 257 g/mol. The highest BCUT2D eigenvalue weighted by Crippen LogP contribution is 2.27. The number of halogens is 1. The molecule has 0 saturated heterocycles. The van der Waals surface area contributed by atoms with Crippen molar-refractivity contribution in [2.75, 3.05) is 7.11 Å². The molecule has 0 N–H and O–H groups in total. The maximum atomic E-state index is 10.6. The first-order chi connectivity index (χ1) is 6.69. The second-order valence-corrected chi connectivity index (χ2v) is 3.01. The van der Waals surface area contributed by atoms with Crippen LogP contribution in [0.25, 0.3) is 6.08 Å². The van der Waals surface area contributed by atoms with Gasteiger partial charge in [-0.25, -0.2) is 0 Å². The fraction of sp³-hybridized carbons (Fsp3) is 0.111. The molecule has 0 aliphatic carbocycles. The van der Waals surface area contributed by atoms with E-state index < -0.39 is 4.92 Å². The van der Waals surface area contributed by atoms with Gasteiger partial charge in [0.1, 0.15) is 0 Å². The molecule has 5 heteroatoms. The third kappa shape index (κ3) is 2.32. The molecule has 4 nitrogen and oxygen atoms in total. The Morgan fingerprint density at radius 1 is 1.57 bits per heavy atom. The van der Waals surface area contributed by atoms with E-state index in [1.165, 1.54) is 13.2 Å². The first kappa shape index (κ1) is 10.7. The number of benzene rings is 1. The molecule has 1 aromatic rings. The molecular formula is C9H8BrNO3. The topological polar surface area (TPSA) is 52.4 Å². The standard InChI is InChI=1S/C9H8BrNO3/c1-14-9-3-2-7(4-5-10)6-8(9)11(12)13/h2-6H,1H3/b5-4+. The molecule has 0 aliphatic heterocycles. The van der Waals surface area contributed by atoms with E-state index in [0.29, 0.717) is 0 Å². The van der Waals surface area contributed by atoms with Crippen molar-refractivity contribution in [3.05, 3.63) is 38.9 Å². The van der Waals surface area contributed by atoms with Crippen molar-refractivity contribution in [3.63, 3.8) is 0 Å². The van der Waals surface area contributed by atoms with Crippen molar-refractivity contribution >= 4 is 27.7 Å². The van der Waals surface area contributed by atoms with Gasteiger partial charge in [-0.05, 0) is 22.7 Å². The molecule has 0 bridgehead atoms. The maximum absolute atomic E-state index is 10.6. The molecule has 0 unspecified atom stereocenters. The highest BCUT2D eigenvalue weighted by atomic mass is 79.9.